The maximum absolute atomic E-state index is 13.8. The molecule has 37 heavy (non-hydrogen) atoms. The molecule has 0 unspecified atom stereocenters. The number of hydrogen-bond donors (Lipinski definition) is 1. The molecule has 0 bridgehead atoms. The van der Waals surface area contributed by atoms with Gasteiger partial charge in [-0.05, 0) is 56.2 Å². The number of hydrogen-bond acceptors (Lipinski definition) is 4. The smallest absolute Gasteiger partial charge is 0.264 e. The molecule has 4 rings (SSSR count). The standard InChI is InChI=1S/C28H30Cl2N2O4S/c1-4-28(5-2)17-24(22-8-6-7-9-26(22)36-28)31-27(33)18-32(25-16-20(29)12-15-23(25)30)37(34,35)21-13-10-19(3)11-14-21/h6-16,24H,4-5,17-18H2,1-3H3,(H,31,33)/t24-/m0/s1. The van der Waals surface area contributed by atoms with Gasteiger partial charge in [-0.1, -0.05) is 72.9 Å². The third-order valence-corrected chi connectivity index (χ3v) is 9.22. The van der Waals surface area contributed by atoms with Crippen LogP contribution in [0.3, 0.4) is 0 Å². The molecule has 0 saturated carbocycles. The van der Waals surface area contributed by atoms with Crippen molar-refractivity contribution in [3.63, 3.8) is 0 Å². The summed E-state index contributed by atoms with van der Waals surface area (Å²) in [5.74, 6) is 0.263. The highest BCUT2D eigenvalue weighted by molar-refractivity contribution is 7.92. The zero-order chi connectivity index (χ0) is 26.8. The molecule has 1 aliphatic rings. The average Bonchev–Trinajstić information content (AvgIpc) is 2.89. The van der Waals surface area contributed by atoms with E-state index < -0.39 is 28.1 Å². The molecule has 1 aliphatic heterocycles. The van der Waals surface area contributed by atoms with Gasteiger partial charge in [0.15, 0.2) is 0 Å². The lowest BCUT2D eigenvalue weighted by atomic mass is 9.83. The average molecular weight is 562 g/mol. The third kappa shape index (κ3) is 5.74. The zero-order valence-corrected chi connectivity index (χ0v) is 23.3. The van der Waals surface area contributed by atoms with Gasteiger partial charge in [0, 0.05) is 17.0 Å². The number of anilines is 1. The van der Waals surface area contributed by atoms with E-state index in [0.29, 0.717) is 11.4 Å². The van der Waals surface area contributed by atoms with Gasteiger partial charge in [-0.3, -0.25) is 9.10 Å². The molecule has 3 aromatic rings. The van der Waals surface area contributed by atoms with Crippen molar-refractivity contribution >= 4 is 44.8 Å². The highest BCUT2D eigenvalue weighted by Crippen LogP contribution is 2.42. The summed E-state index contributed by atoms with van der Waals surface area (Å²) in [7, 11) is -4.13. The van der Waals surface area contributed by atoms with E-state index in [1.54, 1.807) is 18.2 Å². The molecule has 0 spiro atoms. The summed E-state index contributed by atoms with van der Waals surface area (Å²) >= 11 is 12.6. The lowest BCUT2D eigenvalue weighted by Crippen LogP contribution is -2.47. The highest BCUT2D eigenvalue weighted by atomic mass is 35.5. The molecule has 0 fully saturated rings. The van der Waals surface area contributed by atoms with Gasteiger partial charge in [-0.15, -0.1) is 0 Å². The SMILES string of the molecule is CCC1(CC)C[C@H](NC(=O)CN(c2cc(Cl)ccc2Cl)S(=O)(=O)c2ccc(C)cc2)c2ccccc2O1. The molecule has 0 aliphatic carbocycles. The van der Waals surface area contributed by atoms with Gasteiger partial charge in [0.2, 0.25) is 5.91 Å². The normalized spacial score (nSPS) is 16.4. The van der Waals surface area contributed by atoms with Gasteiger partial charge in [-0.25, -0.2) is 8.42 Å². The monoisotopic (exact) mass is 560 g/mol. The number of nitrogens with one attached hydrogen (secondary N) is 1. The van der Waals surface area contributed by atoms with Crippen molar-refractivity contribution in [2.24, 2.45) is 0 Å². The van der Waals surface area contributed by atoms with E-state index in [2.05, 4.69) is 19.2 Å². The number of aryl methyl sites for hydroxylation is 1. The number of para-hydroxylation sites is 1. The molecule has 6 nitrogen and oxygen atoms in total. The van der Waals surface area contributed by atoms with Gasteiger partial charge < -0.3 is 10.1 Å². The molecule has 196 valence electrons. The first-order chi connectivity index (χ1) is 17.6. The number of nitrogens with zero attached hydrogens (tertiary/aromatic N) is 1. The van der Waals surface area contributed by atoms with Crippen molar-refractivity contribution < 1.29 is 17.9 Å². The molecule has 1 heterocycles. The molecular weight excluding hydrogens is 531 g/mol. The van der Waals surface area contributed by atoms with Crippen LogP contribution < -0.4 is 14.4 Å². The van der Waals surface area contributed by atoms with E-state index in [0.717, 1.165) is 34.0 Å². The summed E-state index contributed by atoms with van der Waals surface area (Å²) < 4.78 is 34.9. The maximum Gasteiger partial charge on any atom is 0.264 e. The Morgan fingerprint density at radius 2 is 1.73 bits per heavy atom. The van der Waals surface area contributed by atoms with Crippen LogP contribution in [0.4, 0.5) is 5.69 Å². The Morgan fingerprint density at radius 3 is 2.41 bits per heavy atom. The van der Waals surface area contributed by atoms with E-state index >= 15 is 0 Å². The number of fused-ring (bicyclic) bond motifs is 1. The summed E-state index contributed by atoms with van der Waals surface area (Å²) in [6, 6.07) is 18.2. The first-order valence-corrected chi connectivity index (χ1v) is 14.4. The van der Waals surface area contributed by atoms with Crippen molar-refractivity contribution in [2.75, 3.05) is 10.8 Å². The van der Waals surface area contributed by atoms with Gasteiger partial charge in [0.1, 0.15) is 17.9 Å². The Hall–Kier alpha value is -2.74. The molecule has 9 heteroatoms. The van der Waals surface area contributed by atoms with Crippen molar-refractivity contribution in [3.8, 4) is 5.75 Å². The van der Waals surface area contributed by atoms with Crippen LogP contribution in [0.15, 0.2) is 71.6 Å². The van der Waals surface area contributed by atoms with Crippen LogP contribution in [-0.2, 0) is 14.8 Å². The Bertz CT molecular complexity index is 1390. The predicted molar refractivity (Wildman–Crippen MR) is 148 cm³/mol. The second-order valence-electron chi connectivity index (χ2n) is 9.27. The first kappa shape index (κ1) is 27.3. The number of sulfonamides is 1. The molecule has 3 aromatic carbocycles. The van der Waals surface area contributed by atoms with Gasteiger partial charge >= 0.3 is 0 Å². The van der Waals surface area contributed by atoms with E-state index in [-0.39, 0.29) is 21.6 Å². The van der Waals surface area contributed by atoms with Gasteiger partial charge in [0.25, 0.3) is 10.0 Å². The maximum atomic E-state index is 13.8. The summed E-state index contributed by atoms with van der Waals surface area (Å²) in [5, 5.41) is 3.53. The minimum Gasteiger partial charge on any atom is -0.487 e. The number of carbonyl (C=O) groups excluding carboxylic acids is 1. The quantitative estimate of drug-likeness (QED) is 0.332. The number of carbonyl (C=O) groups is 1. The number of ether oxygens (including phenoxy) is 1. The molecule has 1 atom stereocenters. The molecule has 0 radical (unpaired) electrons. The molecular formula is C28H30Cl2N2O4S. The Balaban J connectivity index is 1.69. The van der Waals surface area contributed by atoms with Gasteiger partial charge in [0.05, 0.1) is 21.6 Å². The van der Waals surface area contributed by atoms with Crippen LogP contribution in [0.2, 0.25) is 10.0 Å². The lowest BCUT2D eigenvalue weighted by molar-refractivity contribution is -0.121. The van der Waals surface area contributed by atoms with E-state index in [4.69, 9.17) is 27.9 Å². The van der Waals surface area contributed by atoms with Crippen LogP contribution in [0.1, 0.15) is 50.3 Å². The number of halogens is 2. The fraction of sp³-hybridized carbons (Fsp3) is 0.321. The number of rotatable bonds is 8. The topological polar surface area (TPSA) is 75.7 Å². The van der Waals surface area contributed by atoms with Crippen LogP contribution in [0, 0.1) is 6.92 Å². The Labute approximate surface area is 228 Å². The largest absolute Gasteiger partial charge is 0.487 e. The van der Waals surface area contributed by atoms with Crippen LogP contribution in [-0.4, -0.2) is 26.5 Å². The van der Waals surface area contributed by atoms with E-state index in [1.165, 1.54) is 24.3 Å². The fourth-order valence-electron chi connectivity index (χ4n) is 4.61. The van der Waals surface area contributed by atoms with Crippen molar-refractivity contribution in [1.82, 2.24) is 5.32 Å². The minimum absolute atomic E-state index is 0.0503. The molecule has 1 amide bonds. The molecule has 1 N–H and O–H groups in total. The van der Waals surface area contributed by atoms with Crippen LogP contribution >= 0.6 is 23.2 Å². The van der Waals surface area contributed by atoms with Crippen molar-refractivity contribution in [2.45, 2.75) is 56.6 Å². The van der Waals surface area contributed by atoms with Gasteiger partial charge in [-0.2, -0.15) is 0 Å². The zero-order valence-electron chi connectivity index (χ0n) is 21.0. The van der Waals surface area contributed by atoms with Crippen LogP contribution in [0.25, 0.3) is 0 Å². The highest BCUT2D eigenvalue weighted by Gasteiger charge is 2.39. The van der Waals surface area contributed by atoms with Crippen LogP contribution in [0.5, 0.6) is 5.75 Å². The summed E-state index contributed by atoms with van der Waals surface area (Å²) in [4.78, 5) is 13.5. The molecule has 0 saturated heterocycles. The van der Waals surface area contributed by atoms with E-state index in [1.807, 2.05) is 31.2 Å². The van der Waals surface area contributed by atoms with Crippen molar-refractivity contribution in [1.29, 1.82) is 0 Å². The summed E-state index contributed by atoms with van der Waals surface area (Å²) in [6.07, 6.45) is 2.12. The summed E-state index contributed by atoms with van der Waals surface area (Å²) in [6.45, 7) is 5.52. The van der Waals surface area contributed by atoms with Crippen molar-refractivity contribution in [3.05, 3.63) is 87.9 Å². The predicted octanol–water partition coefficient (Wildman–Crippen LogP) is 6.70. The third-order valence-electron chi connectivity index (χ3n) is 6.89. The molecule has 0 aromatic heterocycles. The fourth-order valence-corrected chi connectivity index (χ4v) is 6.48. The lowest BCUT2D eigenvalue weighted by Gasteiger charge is -2.41. The Morgan fingerprint density at radius 1 is 1.05 bits per heavy atom. The minimum atomic E-state index is -4.13. The second kappa shape index (κ2) is 10.9. The Kier molecular flexibility index (Phi) is 8.07. The van der Waals surface area contributed by atoms with E-state index in [9.17, 15) is 13.2 Å². The number of benzene rings is 3. The summed E-state index contributed by atoms with van der Waals surface area (Å²) in [5.41, 5.74) is 1.49. The second-order valence-corrected chi connectivity index (χ2v) is 12.0. The number of amides is 1. The first-order valence-electron chi connectivity index (χ1n) is 12.2.